The number of rotatable bonds is 3. The minimum Gasteiger partial charge on any atom is -0.499 e. The molecule has 0 saturated carbocycles. The molecule has 0 aliphatic carbocycles. The predicted molar refractivity (Wildman–Crippen MR) is 198 cm³/mol. The van der Waals surface area contributed by atoms with Gasteiger partial charge in [0, 0.05) is 43.4 Å². The number of benzene rings is 4. The van der Waals surface area contributed by atoms with Crippen LogP contribution in [-0.2, 0) is 25.5 Å². The molecule has 0 unspecified atom stereocenters. The molecule has 0 bridgehead atoms. The van der Waals surface area contributed by atoms with Crippen molar-refractivity contribution in [3.63, 3.8) is 0 Å². The Hall–Kier alpha value is -4.41. The van der Waals surface area contributed by atoms with Gasteiger partial charge in [-0.1, -0.05) is 80.3 Å². The zero-order valence-corrected chi connectivity index (χ0v) is 31.1. The summed E-state index contributed by atoms with van der Waals surface area (Å²) in [6.07, 6.45) is 3.91. The van der Waals surface area contributed by atoms with Gasteiger partial charge in [-0.25, -0.2) is 0 Å². The quantitative estimate of drug-likeness (QED) is 0.167. The number of hydrogen-bond acceptors (Lipinski definition) is 4. The van der Waals surface area contributed by atoms with E-state index >= 15 is 0 Å². The fourth-order valence-electron chi connectivity index (χ4n) is 6.25. The minimum absolute atomic E-state index is 0. The van der Waals surface area contributed by atoms with Crippen LogP contribution in [0.3, 0.4) is 0 Å². The van der Waals surface area contributed by atoms with E-state index < -0.39 is 0 Å². The second-order valence-corrected chi connectivity index (χ2v) is 14.0. The molecule has 5 heteroatoms. The van der Waals surface area contributed by atoms with Gasteiger partial charge in [0.2, 0.25) is 0 Å². The number of pyridine rings is 2. The van der Waals surface area contributed by atoms with Crippen LogP contribution in [0.15, 0.2) is 113 Å². The largest absolute Gasteiger partial charge is 0.499 e. The molecule has 241 valence electrons. The maximum absolute atomic E-state index is 6.53. The zero-order valence-electron chi connectivity index (χ0n) is 27.9. The molecule has 0 fully saturated rings. The number of furan rings is 1. The molecule has 48 heavy (non-hydrogen) atoms. The van der Waals surface area contributed by atoms with Crippen molar-refractivity contribution < 1.29 is 24.5 Å². The molecule has 0 atom stereocenters. The minimum atomic E-state index is -0.0490. The average Bonchev–Trinajstić information content (AvgIpc) is 3.70. The second-order valence-electron chi connectivity index (χ2n) is 13.1. The smallest absolute Gasteiger partial charge is 0.138 e. The number of fused-ring (bicyclic) bond motifs is 5. The summed E-state index contributed by atoms with van der Waals surface area (Å²) in [7, 11) is 0. The van der Waals surface area contributed by atoms with E-state index in [2.05, 4.69) is 112 Å². The average molecular weight is 821 g/mol. The molecule has 0 saturated heterocycles. The molecule has 1 radical (unpaired) electrons. The maximum atomic E-state index is 6.53. The first-order valence-corrected chi connectivity index (χ1v) is 16.8. The standard InChI is InChI=1S/C31H26NOS.C12H10N.Ir/c1-18-8-6-9-19(2)27(18)24-17-32-26(16-25(24)31(3,4)5)23-11-7-10-21-22-13-12-20-14-15-34-30(20)29(22)33-28(21)23;1-10-7-8-12(13-9-10)11-5-3-2-4-6-11;/h6-10,12-17H,1-5H3;2-5,7-9H,1H3;/q2*-1;. The molecule has 0 aliphatic heterocycles. The Bertz CT molecular complexity index is 2340. The first kappa shape index (κ1) is 33.5. The molecule has 4 aromatic carbocycles. The van der Waals surface area contributed by atoms with Gasteiger partial charge in [0.25, 0.3) is 0 Å². The van der Waals surface area contributed by atoms with Crippen molar-refractivity contribution in [2.45, 2.75) is 47.0 Å². The van der Waals surface area contributed by atoms with Crippen LogP contribution in [0.1, 0.15) is 43.0 Å². The number of thiophene rings is 1. The molecule has 0 N–H and O–H groups in total. The van der Waals surface area contributed by atoms with Crippen molar-refractivity contribution in [1.29, 1.82) is 0 Å². The molecule has 0 aliphatic rings. The Morgan fingerprint density at radius 3 is 2.19 bits per heavy atom. The van der Waals surface area contributed by atoms with Crippen LogP contribution in [0, 0.1) is 32.9 Å². The third kappa shape index (κ3) is 6.39. The number of hydrogen-bond donors (Lipinski definition) is 0. The SMILES string of the molecule is Cc1ccc(-c2[c-]cccc2)nc1.Cc1cccc(C)c1-c1cnc(-c2[c-]ccc3c2oc2c3ccc3ccsc32)cc1C(C)(C)C.[Ir]. The van der Waals surface area contributed by atoms with Crippen LogP contribution in [0.25, 0.3) is 65.7 Å². The Morgan fingerprint density at radius 1 is 0.708 bits per heavy atom. The van der Waals surface area contributed by atoms with E-state index in [1.807, 2.05) is 55.7 Å². The summed E-state index contributed by atoms with van der Waals surface area (Å²) in [4.78, 5) is 9.28. The van der Waals surface area contributed by atoms with Gasteiger partial charge in [-0.15, -0.1) is 65.4 Å². The van der Waals surface area contributed by atoms with E-state index in [4.69, 9.17) is 9.40 Å². The van der Waals surface area contributed by atoms with E-state index in [-0.39, 0.29) is 25.5 Å². The fourth-order valence-corrected chi connectivity index (χ4v) is 7.13. The third-order valence-corrected chi connectivity index (χ3v) is 9.56. The van der Waals surface area contributed by atoms with Crippen molar-refractivity contribution in [3.05, 3.63) is 143 Å². The van der Waals surface area contributed by atoms with E-state index in [0.717, 1.165) is 44.5 Å². The normalized spacial score (nSPS) is 11.4. The van der Waals surface area contributed by atoms with Gasteiger partial charge in [0.15, 0.2) is 0 Å². The number of aromatic nitrogens is 2. The molecule has 4 aromatic heterocycles. The Labute approximate surface area is 300 Å². The van der Waals surface area contributed by atoms with Gasteiger partial charge >= 0.3 is 0 Å². The Balaban J connectivity index is 0.000000241. The molecule has 8 aromatic rings. The summed E-state index contributed by atoms with van der Waals surface area (Å²) in [5.74, 6) is 0. The van der Waals surface area contributed by atoms with E-state index in [1.165, 1.54) is 43.5 Å². The van der Waals surface area contributed by atoms with Gasteiger partial charge < -0.3 is 14.4 Å². The van der Waals surface area contributed by atoms with Crippen molar-refractivity contribution in [3.8, 4) is 33.6 Å². The summed E-state index contributed by atoms with van der Waals surface area (Å²) < 4.78 is 7.72. The summed E-state index contributed by atoms with van der Waals surface area (Å²) in [6, 6.07) is 37.8. The molecule has 0 spiro atoms. The third-order valence-electron chi connectivity index (χ3n) is 8.63. The summed E-state index contributed by atoms with van der Waals surface area (Å²) >= 11 is 1.72. The van der Waals surface area contributed by atoms with Crippen LogP contribution in [0.2, 0.25) is 0 Å². The van der Waals surface area contributed by atoms with Gasteiger partial charge in [-0.3, -0.25) is 0 Å². The molecular formula is C43H36IrN2OS-2. The van der Waals surface area contributed by atoms with Gasteiger partial charge in [0.05, 0.1) is 10.3 Å². The van der Waals surface area contributed by atoms with Crippen molar-refractivity contribution in [1.82, 2.24) is 9.97 Å². The summed E-state index contributed by atoms with van der Waals surface area (Å²) in [5, 5.41) is 5.59. The Kier molecular flexibility index (Phi) is 9.49. The topological polar surface area (TPSA) is 38.9 Å². The predicted octanol–water partition coefficient (Wildman–Crippen LogP) is 12.1. The van der Waals surface area contributed by atoms with Gasteiger partial charge in [-0.2, -0.15) is 0 Å². The van der Waals surface area contributed by atoms with Crippen LogP contribution in [0.4, 0.5) is 0 Å². The molecular weight excluding hydrogens is 785 g/mol. The van der Waals surface area contributed by atoms with Crippen LogP contribution in [0.5, 0.6) is 0 Å². The van der Waals surface area contributed by atoms with Gasteiger partial charge in [0.1, 0.15) is 5.58 Å². The Morgan fingerprint density at radius 2 is 1.48 bits per heavy atom. The van der Waals surface area contributed by atoms with Crippen molar-refractivity contribution >= 4 is 43.4 Å². The molecule has 4 heterocycles. The van der Waals surface area contributed by atoms with Gasteiger partial charge in [-0.05, 0) is 82.2 Å². The van der Waals surface area contributed by atoms with Crippen molar-refractivity contribution in [2.24, 2.45) is 0 Å². The summed E-state index contributed by atoms with van der Waals surface area (Å²) in [6.45, 7) is 13.2. The monoisotopic (exact) mass is 821 g/mol. The zero-order chi connectivity index (χ0) is 32.7. The fraction of sp³-hybridized carbons (Fsp3) is 0.163. The summed E-state index contributed by atoms with van der Waals surface area (Å²) in [5.41, 5.74) is 13.1. The number of aryl methyl sites for hydroxylation is 3. The van der Waals surface area contributed by atoms with E-state index in [1.54, 1.807) is 11.3 Å². The van der Waals surface area contributed by atoms with Crippen LogP contribution >= 0.6 is 11.3 Å². The second kappa shape index (κ2) is 13.6. The first-order valence-electron chi connectivity index (χ1n) is 15.9. The molecule has 8 rings (SSSR count). The first-order chi connectivity index (χ1) is 22.7. The van der Waals surface area contributed by atoms with Crippen LogP contribution in [-0.4, -0.2) is 9.97 Å². The maximum Gasteiger partial charge on any atom is 0.138 e. The van der Waals surface area contributed by atoms with Crippen molar-refractivity contribution in [2.75, 3.05) is 0 Å². The molecule has 3 nitrogen and oxygen atoms in total. The van der Waals surface area contributed by atoms with E-state index in [0.29, 0.717) is 0 Å². The van der Waals surface area contributed by atoms with E-state index in [9.17, 15) is 0 Å². The molecule has 0 amide bonds. The number of nitrogens with zero attached hydrogens (tertiary/aromatic N) is 2. The van der Waals surface area contributed by atoms with Crippen LogP contribution < -0.4 is 0 Å².